The molecule has 2 rings (SSSR count). The van der Waals surface area contributed by atoms with Gasteiger partial charge in [0.2, 0.25) is 10.0 Å². The summed E-state index contributed by atoms with van der Waals surface area (Å²) >= 11 is 7.03. The Balaban J connectivity index is 0.00000392. The molecule has 0 fully saturated rings. The van der Waals surface area contributed by atoms with Crippen LogP contribution in [0.3, 0.4) is 0 Å². The summed E-state index contributed by atoms with van der Waals surface area (Å²) in [6.45, 7) is 5.81. The predicted molar refractivity (Wildman–Crippen MR) is 127 cm³/mol. The van der Waals surface area contributed by atoms with E-state index in [1.165, 1.54) is 11.3 Å². The second kappa shape index (κ2) is 12.6. The van der Waals surface area contributed by atoms with Crippen LogP contribution < -0.4 is 15.4 Å². The number of pyridine rings is 1. The Hall–Kier alpha value is -0.950. The highest BCUT2D eigenvalue weighted by Crippen LogP contribution is 2.19. The fraction of sp³-hybridized carbons (Fsp3) is 0.412. The van der Waals surface area contributed by atoms with E-state index in [2.05, 4.69) is 25.3 Å². The molecule has 0 unspecified atom stereocenters. The highest BCUT2D eigenvalue weighted by atomic mass is 127. The van der Waals surface area contributed by atoms with Crippen molar-refractivity contribution in [3.63, 3.8) is 0 Å². The Morgan fingerprint density at radius 1 is 1.21 bits per heavy atom. The van der Waals surface area contributed by atoms with E-state index in [1.54, 1.807) is 24.4 Å². The smallest absolute Gasteiger partial charge is 0.250 e. The van der Waals surface area contributed by atoms with Gasteiger partial charge in [-0.1, -0.05) is 17.7 Å². The summed E-state index contributed by atoms with van der Waals surface area (Å²) in [7, 11) is -3.47. The zero-order valence-electron chi connectivity index (χ0n) is 15.7. The maximum Gasteiger partial charge on any atom is 0.250 e. The van der Waals surface area contributed by atoms with Crippen molar-refractivity contribution in [2.75, 3.05) is 26.2 Å². The quantitative estimate of drug-likeness (QED) is 0.145. The third kappa shape index (κ3) is 8.60. The second-order valence-electron chi connectivity index (χ2n) is 5.69. The molecule has 0 radical (unpaired) electrons. The number of hydrogen-bond acceptors (Lipinski definition) is 5. The fourth-order valence-corrected chi connectivity index (χ4v) is 4.66. The van der Waals surface area contributed by atoms with E-state index in [0.29, 0.717) is 35.0 Å². The Morgan fingerprint density at radius 3 is 2.61 bits per heavy atom. The summed E-state index contributed by atoms with van der Waals surface area (Å²) in [4.78, 5) is 9.41. The third-order valence-corrected chi connectivity index (χ3v) is 6.67. The molecule has 3 N–H and O–H groups in total. The maximum absolute atomic E-state index is 12.2. The molecule has 2 aromatic rings. The fourth-order valence-electron chi connectivity index (χ4n) is 2.20. The van der Waals surface area contributed by atoms with Gasteiger partial charge in [-0.05, 0) is 44.0 Å². The average molecular weight is 558 g/mol. The van der Waals surface area contributed by atoms with Crippen LogP contribution in [0.5, 0.6) is 0 Å². The number of guanidine groups is 1. The van der Waals surface area contributed by atoms with Gasteiger partial charge in [-0.15, -0.1) is 35.3 Å². The van der Waals surface area contributed by atoms with E-state index in [-0.39, 0.29) is 30.5 Å². The van der Waals surface area contributed by atoms with Crippen molar-refractivity contribution in [3.05, 3.63) is 46.1 Å². The molecule has 2 aromatic heterocycles. The lowest BCUT2D eigenvalue weighted by Gasteiger charge is -2.11. The van der Waals surface area contributed by atoms with Gasteiger partial charge in [-0.25, -0.2) is 18.1 Å². The molecule has 0 aliphatic carbocycles. The minimum absolute atomic E-state index is 0. The van der Waals surface area contributed by atoms with Crippen LogP contribution in [0.4, 0.5) is 0 Å². The first-order valence-corrected chi connectivity index (χ1v) is 11.3. The molecule has 2 heterocycles. The number of aryl methyl sites for hydroxylation is 1. The summed E-state index contributed by atoms with van der Waals surface area (Å²) in [5.74, 6) is 0.644. The van der Waals surface area contributed by atoms with E-state index in [4.69, 9.17) is 11.6 Å². The van der Waals surface area contributed by atoms with Crippen LogP contribution in [0.1, 0.15) is 17.4 Å². The van der Waals surface area contributed by atoms with Crippen LogP contribution in [0.2, 0.25) is 5.15 Å². The lowest BCUT2D eigenvalue weighted by molar-refractivity contribution is 0.584. The zero-order valence-corrected chi connectivity index (χ0v) is 20.5. The Kier molecular flexibility index (Phi) is 11.3. The Labute approximate surface area is 192 Å². The second-order valence-corrected chi connectivity index (χ2v) is 9.36. The number of hydrogen-bond donors (Lipinski definition) is 3. The minimum Gasteiger partial charge on any atom is -0.357 e. The van der Waals surface area contributed by atoms with E-state index in [9.17, 15) is 8.42 Å². The first-order chi connectivity index (χ1) is 12.9. The standard InChI is InChI=1S/C17H24ClN5O2S2.HI/c1-3-19-17(20-9-8-14-5-6-15(18)22-12-14)21-10-11-23-27(24,25)16-7-4-13(2)26-16;/h4-7,12,23H,3,8-11H2,1-2H3,(H2,19,20,21);1H. The van der Waals surface area contributed by atoms with E-state index in [0.717, 1.165) is 16.9 Å². The van der Waals surface area contributed by atoms with Crippen molar-refractivity contribution in [2.24, 2.45) is 4.99 Å². The largest absolute Gasteiger partial charge is 0.357 e. The van der Waals surface area contributed by atoms with E-state index < -0.39 is 10.0 Å². The van der Waals surface area contributed by atoms with Crippen LogP contribution in [0.25, 0.3) is 0 Å². The van der Waals surface area contributed by atoms with Crippen LogP contribution in [-0.4, -0.2) is 45.5 Å². The van der Waals surface area contributed by atoms with Gasteiger partial charge in [0.15, 0.2) is 5.96 Å². The van der Waals surface area contributed by atoms with E-state index >= 15 is 0 Å². The van der Waals surface area contributed by atoms with Gasteiger partial charge in [0.05, 0.1) is 6.54 Å². The summed E-state index contributed by atoms with van der Waals surface area (Å²) in [6.07, 6.45) is 2.52. The predicted octanol–water partition coefficient (Wildman–Crippen LogP) is 2.80. The summed E-state index contributed by atoms with van der Waals surface area (Å²) in [6, 6.07) is 7.10. The molecule has 0 bridgehead atoms. The lowest BCUT2D eigenvalue weighted by atomic mass is 10.2. The number of halogens is 2. The summed E-state index contributed by atoms with van der Waals surface area (Å²) in [5.41, 5.74) is 1.07. The zero-order chi connectivity index (χ0) is 19.7. The molecule has 0 saturated carbocycles. The molecule has 0 aromatic carbocycles. The summed E-state index contributed by atoms with van der Waals surface area (Å²) < 4.78 is 27.2. The van der Waals surface area contributed by atoms with Crippen molar-refractivity contribution >= 4 is 62.9 Å². The number of rotatable bonds is 9. The van der Waals surface area contributed by atoms with Gasteiger partial charge in [0.1, 0.15) is 9.36 Å². The van der Waals surface area contributed by atoms with Crippen LogP contribution in [-0.2, 0) is 16.4 Å². The Bertz CT molecular complexity index is 857. The van der Waals surface area contributed by atoms with Crippen molar-refractivity contribution < 1.29 is 8.42 Å². The minimum atomic E-state index is -3.47. The van der Waals surface area contributed by atoms with Crippen LogP contribution in [0.15, 0.2) is 39.7 Å². The van der Waals surface area contributed by atoms with E-state index in [1.807, 2.05) is 19.9 Å². The number of sulfonamides is 1. The van der Waals surface area contributed by atoms with Crippen molar-refractivity contribution in [1.29, 1.82) is 0 Å². The van der Waals surface area contributed by atoms with Gasteiger partial charge >= 0.3 is 0 Å². The average Bonchev–Trinajstić information content (AvgIpc) is 3.08. The van der Waals surface area contributed by atoms with Gasteiger partial charge in [-0.2, -0.15) is 0 Å². The molecule has 7 nitrogen and oxygen atoms in total. The molecule has 28 heavy (non-hydrogen) atoms. The monoisotopic (exact) mass is 557 g/mol. The number of nitrogens with zero attached hydrogens (tertiary/aromatic N) is 2. The highest BCUT2D eigenvalue weighted by Gasteiger charge is 2.15. The molecule has 11 heteroatoms. The number of aliphatic imine (C=N–C) groups is 1. The van der Waals surface area contributed by atoms with Crippen LogP contribution >= 0.6 is 46.9 Å². The molecule has 0 amide bonds. The molecule has 0 atom stereocenters. The lowest BCUT2D eigenvalue weighted by Crippen LogP contribution is -2.39. The SMILES string of the molecule is CCNC(=NCCNS(=O)(=O)c1ccc(C)s1)NCCc1ccc(Cl)nc1.I. The molecule has 0 saturated heterocycles. The molecular weight excluding hydrogens is 533 g/mol. The third-order valence-electron chi connectivity index (χ3n) is 3.49. The number of aromatic nitrogens is 1. The normalized spacial score (nSPS) is 11.8. The maximum atomic E-state index is 12.2. The topological polar surface area (TPSA) is 95.5 Å². The number of nitrogens with one attached hydrogen (secondary N) is 3. The Morgan fingerprint density at radius 2 is 2.00 bits per heavy atom. The highest BCUT2D eigenvalue weighted by molar-refractivity contribution is 14.0. The van der Waals surface area contributed by atoms with Crippen molar-refractivity contribution in [1.82, 2.24) is 20.3 Å². The van der Waals surface area contributed by atoms with Gasteiger partial charge in [0, 0.05) is 30.7 Å². The van der Waals surface area contributed by atoms with Crippen LogP contribution in [0, 0.1) is 6.92 Å². The van der Waals surface area contributed by atoms with Crippen molar-refractivity contribution in [3.8, 4) is 0 Å². The molecule has 0 aliphatic rings. The molecule has 156 valence electrons. The first kappa shape index (κ1) is 25.1. The first-order valence-electron chi connectivity index (χ1n) is 8.59. The molecule has 0 aliphatic heterocycles. The van der Waals surface area contributed by atoms with Gasteiger partial charge < -0.3 is 10.6 Å². The van der Waals surface area contributed by atoms with Crippen molar-refractivity contribution in [2.45, 2.75) is 24.5 Å². The summed E-state index contributed by atoms with van der Waals surface area (Å²) in [5, 5.41) is 6.83. The molecule has 0 spiro atoms. The molecular formula is C17H25ClIN5O2S2. The number of thiophene rings is 1. The van der Waals surface area contributed by atoms with Gasteiger partial charge in [0.25, 0.3) is 0 Å². The van der Waals surface area contributed by atoms with Gasteiger partial charge in [-0.3, -0.25) is 4.99 Å².